The predicted octanol–water partition coefficient (Wildman–Crippen LogP) is 3.41. The Kier molecular flexibility index (Phi) is 3.72. The lowest BCUT2D eigenvalue weighted by Crippen LogP contribution is -2.55. The van der Waals surface area contributed by atoms with Crippen molar-refractivity contribution in [1.82, 2.24) is 5.32 Å². The zero-order valence-electron chi connectivity index (χ0n) is 14.4. The standard InChI is InChI=1S/C21H25NO3/c23-20(4-2-13-1-3-18-19(12-13)25-6-5-24-18)22-21-16-8-14-7-15(10-16)11-17(21)9-14/h1-4,12,14-17,21H,5-11H2,(H,22,23)/b4-2+. The van der Waals surface area contributed by atoms with E-state index in [0.29, 0.717) is 31.1 Å². The molecule has 4 saturated carbocycles. The second-order valence-electron chi connectivity index (χ2n) is 8.20. The van der Waals surface area contributed by atoms with E-state index >= 15 is 0 Å². The van der Waals surface area contributed by atoms with Crippen molar-refractivity contribution in [2.45, 2.75) is 38.1 Å². The molecule has 1 heterocycles. The van der Waals surface area contributed by atoms with Gasteiger partial charge in [0.1, 0.15) is 13.2 Å². The third-order valence-electron chi connectivity index (χ3n) is 6.53. The summed E-state index contributed by atoms with van der Waals surface area (Å²) in [6.07, 6.45) is 10.3. The Morgan fingerprint density at radius 2 is 1.64 bits per heavy atom. The number of carbonyl (C=O) groups is 1. The first-order chi connectivity index (χ1) is 12.2. The van der Waals surface area contributed by atoms with Crippen LogP contribution in [-0.4, -0.2) is 25.2 Å². The molecule has 1 aromatic rings. The van der Waals surface area contributed by atoms with Gasteiger partial charge in [-0.3, -0.25) is 4.79 Å². The molecule has 4 aliphatic carbocycles. The second kappa shape index (κ2) is 6.08. The van der Waals surface area contributed by atoms with Crippen molar-refractivity contribution in [2.24, 2.45) is 23.7 Å². The Hall–Kier alpha value is -1.97. The van der Waals surface area contributed by atoms with E-state index < -0.39 is 0 Å². The molecule has 1 amide bonds. The lowest BCUT2D eigenvalue weighted by atomic mass is 9.54. The van der Waals surface area contributed by atoms with Crippen molar-refractivity contribution in [3.8, 4) is 11.5 Å². The predicted molar refractivity (Wildman–Crippen MR) is 95.4 cm³/mol. The molecule has 4 fully saturated rings. The molecule has 0 aromatic heterocycles. The fraction of sp³-hybridized carbons (Fsp3) is 0.571. The van der Waals surface area contributed by atoms with Crippen molar-refractivity contribution in [3.05, 3.63) is 29.8 Å². The van der Waals surface area contributed by atoms with E-state index in [-0.39, 0.29) is 5.91 Å². The molecule has 25 heavy (non-hydrogen) atoms. The molecule has 0 spiro atoms. The van der Waals surface area contributed by atoms with E-state index in [4.69, 9.17) is 9.47 Å². The minimum Gasteiger partial charge on any atom is -0.486 e. The smallest absolute Gasteiger partial charge is 0.244 e. The van der Waals surface area contributed by atoms with Crippen molar-refractivity contribution in [2.75, 3.05) is 13.2 Å². The number of nitrogens with one attached hydrogen (secondary N) is 1. The molecule has 4 heteroatoms. The lowest BCUT2D eigenvalue weighted by molar-refractivity contribution is -0.120. The summed E-state index contributed by atoms with van der Waals surface area (Å²) in [7, 11) is 0. The Morgan fingerprint density at radius 3 is 2.36 bits per heavy atom. The highest BCUT2D eigenvalue weighted by atomic mass is 16.6. The van der Waals surface area contributed by atoms with Gasteiger partial charge in [-0.25, -0.2) is 0 Å². The topological polar surface area (TPSA) is 47.6 Å². The Morgan fingerprint density at radius 1 is 0.960 bits per heavy atom. The number of hydrogen-bond donors (Lipinski definition) is 1. The van der Waals surface area contributed by atoms with E-state index in [2.05, 4.69) is 5.32 Å². The normalized spacial score (nSPS) is 35.1. The van der Waals surface area contributed by atoms with Crippen LogP contribution < -0.4 is 14.8 Å². The van der Waals surface area contributed by atoms with Gasteiger partial charge in [0.05, 0.1) is 0 Å². The highest BCUT2D eigenvalue weighted by Gasteiger charge is 2.48. The van der Waals surface area contributed by atoms with Crippen molar-refractivity contribution < 1.29 is 14.3 Å². The number of carbonyl (C=O) groups excluding carboxylic acids is 1. The average Bonchev–Trinajstić information content (AvgIpc) is 2.62. The molecule has 4 nitrogen and oxygen atoms in total. The maximum atomic E-state index is 12.4. The fourth-order valence-electron chi connectivity index (χ4n) is 5.71. The van der Waals surface area contributed by atoms with Gasteiger partial charge in [0.2, 0.25) is 5.91 Å². The zero-order chi connectivity index (χ0) is 16.8. The maximum Gasteiger partial charge on any atom is 0.244 e. The van der Waals surface area contributed by atoms with Gasteiger partial charge in [0, 0.05) is 12.1 Å². The SMILES string of the molecule is O=C(/C=C/c1ccc2c(c1)OCCO2)NC1C2CC3CC(C2)CC1C3. The van der Waals surface area contributed by atoms with Crippen LogP contribution in [0.5, 0.6) is 11.5 Å². The lowest BCUT2D eigenvalue weighted by Gasteiger charge is -2.54. The number of rotatable bonds is 3. The molecule has 0 radical (unpaired) electrons. The molecule has 1 aromatic carbocycles. The number of fused-ring (bicyclic) bond motifs is 1. The van der Waals surface area contributed by atoms with Crippen LogP contribution in [0.25, 0.3) is 6.08 Å². The largest absolute Gasteiger partial charge is 0.486 e. The monoisotopic (exact) mass is 339 g/mol. The molecule has 0 atom stereocenters. The van der Waals surface area contributed by atoms with Crippen LogP contribution in [0, 0.1) is 23.7 Å². The maximum absolute atomic E-state index is 12.4. The minimum atomic E-state index is 0.0346. The number of hydrogen-bond acceptors (Lipinski definition) is 3. The summed E-state index contributed by atoms with van der Waals surface area (Å²) in [6.45, 7) is 1.17. The average molecular weight is 339 g/mol. The summed E-state index contributed by atoms with van der Waals surface area (Å²) < 4.78 is 11.1. The van der Waals surface area contributed by atoms with Crippen molar-refractivity contribution >= 4 is 12.0 Å². The summed E-state index contributed by atoms with van der Waals surface area (Å²) >= 11 is 0. The Balaban J connectivity index is 1.24. The van der Waals surface area contributed by atoms with Gasteiger partial charge in [-0.1, -0.05) is 6.07 Å². The van der Waals surface area contributed by atoms with E-state index in [9.17, 15) is 4.79 Å². The van der Waals surface area contributed by atoms with Gasteiger partial charge in [0.15, 0.2) is 11.5 Å². The summed E-state index contributed by atoms with van der Waals surface area (Å²) in [5.41, 5.74) is 0.962. The van der Waals surface area contributed by atoms with Gasteiger partial charge in [0.25, 0.3) is 0 Å². The highest BCUT2D eigenvalue weighted by molar-refractivity contribution is 5.92. The molecular formula is C21H25NO3. The van der Waals surface area contributed by atoms with Crippen LogP contribution in [0.1, 0.15) is 37.7 Å². The zero-order valence-corrected chi connectivity index (χ0v) is 14.4. The molecule has 6 rings (SSSR count). The van der Waals surface area contributed by atoms with Gasteiger partial charge >= 0.3 is 0 Å². The third-order valence-corrected chi connectivity index (χ3v) is 6.53. The summed E-state index contributed by atoms with van der Waals surface area (Å²) in [6, 6.07) is 6.19. The highest BCUT2D eigenvalue weighted by Crippen LogP contribution is 2.53. The van der Waals surface area contributed by atoms with Crippen LogP contribution >= 0.6 is 0 Å². The Bertz CT molecular complexity index is 683. The fourth-order valence-corrected chi connectivity index (χ4v) is 5.71. The third kappa shape index (κ3) is 2.92. The molecular weight excluding hydrogens is 314 g/mol. The molecule has 5 aliphatic rings. The van der Waals surface area contributed by atoms with Gasteiger partial charge in [-0.15, -0.1) is 0 Å². The van der Waals surface area contributed by atoms with Crippen LogP contribution in [0.2, 0.25) is 0 Å². The van der Waals surface area contributed by atoms with Crippen molar-refractivity contribution in [1.29, 1.82) is 0 Å². The van der Waals surface area contributed by atoms with Gasteiger partial charge < -0.3 is 14.8 Å². The molecule has 0 saturated heterocycles. The van der Waals surface area contributed by atoms with E-state index in [1.54, 1.807) is 6.08 Å². The first kappa shape index (κ1) is 15.3. The van der Waals surface area contributed by atoms with Crippen LogP contribution in [0.4, 0.5) is 0 Å². The Labute approximate surface area is 148 Å². The quantitative estimate of drug-likeness (QED) is 0.859. The van der Waals surface area contributed by atoms with E-state index in [1.807, 2.05) is 24.3 Å². The van der Waals surface area contributed by atoms with Crippen LogP contribution in [-0.2, 0) is 4.79 Å². The molecule has 0 unspecified atom stereocenters. The van der Waals surface area contributed by atoms with Crippen LogP contribution in [0.3, 0.4) is 0 Å². The first-order valence-electron chi connectivity index (χ1n) is 9.63. The first-order valence-corrected chi connectivity index (χ1v) is 9.63. The summed E-state index contributed by atoms with van der Waals surface area (Å²) in [5.74, 6) is 4.86. The second-order valence-corrected chi connectivity index (χ2v) is 8.20. The van der Waals surface area contributed by atoms with E-state index in [1.165, 1.54) is 32.1 Å². The van der Waals surface area contributed by atoms with Gasteiger partial charge in [-0.2, -0.15) is 0 Å². The van der Waals surface area contributed by atoms with Crippen LogP contribution in [0.15, 0.2) is 24.3 Å². The molecule has 4 bridgehead atoms. The number of ether oxygens (including phenoxy) is 2. The van der Waals surface area contributed by atoms with Crippen molar-refractivity contribution in [3.63, 3.8) is 0 Å². The van der Waals surface area contributed by atoms with Gasteiger partial charge in [-0.05, 0) is 79.5 Å². The van der Waals surface area contributed by atoms with E-state index in [0.717, 1.165) is 28.9 Å². The molecule has 1 N–H and O–H groups in total. The minimum absolute atomic E-state index is 0.0346. The molecule has 1 aliphatic heterocycles. The number of amides is 1. The summed E-state index contributed by atoms with van der Waals surface area (Å²) in [5, 5.41) is 3.31. The summed E-state index contributed by atoms with van der Waals surface area (Å²) in [4.78, 5) is 12.4. The number of benzene rings is 1. The molecule has 132 valence electrons.